The zero-order valence-electron chi connectivity index (χ0n) is 11.9. The van der Waals surface area contributed by atoms with Gasteiger partial charge in [-0.05, 0) is 25.5 Å². The minimum absolute atomic E-state index is 0.257. The molecule has 1 heterocycles. The number of aromatic nitrogens is 1. The summed E-state index contributed by atoms with van der Waals surface area (Å²) in [6.45, 7) is 7.68. The lowest BCUT2D eigenvalue weighted by Crippen LogP contribution is -2.31. The zero-order valence-corrected chi connectivity index (χ0v) is 12.7. The van der Waals surface area contributed by atoms with E-state index in [9.17, 15) is 8.42 Å². The molecule has 1 rings (SSSR count). The van der Waals surface area contributed by atoms with Crippen LogP contribution < -0.4 is 5.32 Å². The molecular formula is C13H23N3O2S. The predicted octanol–water partition coefficient (Wildman–Crippen LogP) is 2.32. The van der Waals surface area contributed by atoms with E-state index in [1.165, 1.54) is 10.5 Å². The molecule has 1 aromatic rings. The van der Waals surface area contributed by atoms with E-state index in [0.717, 1.165) is 19.4 Å². The molecule has 6 heteroatoms. The van der Waals surface area contributed by atoms with E-state index in [-0.39, 0.29) is 4.90 Å². The van der Waals surface area contributed by atoms with Gasteiger partial charge < -0.3 is 5.32 Å². The number of hydrogen-bond donors (Lipinski definition) is 1. The standard InChI is InChI=1S/C13H23N3O2S/c1-4-7-10-16(6-3)19(17,18)12-8-9-13(14-5-2)15-11-12/h8-9,11H,4-7,10H2,1-3H3,(H,14,15). The molecule has 0 saturated heterocycles. The molecule has 0 atom stereocenters. The average Bonchev–Trinajstić information content (AvgIpc) is 2.40. The summed E-state index contributed by atoms with van der Waals surface area (Å²) >= 11 is 0. The van der Waals surface area contributed by atoms with Crippen molar-refractivity contribution in [2.45, 2.75) is 38.5 Å². The molecule has 108 valence electrons. The molecule has 0 bridgehead atoms. The summed E-state index contributed by atoms with van der Waals surface area (Å²) in [5.41, 5.74) is 0. The molecule has 0 aromatic carbocycles. The molecule has 0 saturated carbocycles. The van der Waals surface area contributed by atoms with Crippen LogP contribution in [0, 0.1) is 0 Å². The van der Waals surface area contributed by atoms with E-state index < -0.39 is 10.0 Å². The van der Waals surface area contributed by atoms with Gasteiger partial charge in [0.1, 0.15) is 10.7 Å². The number of nitrogens with zero attached hydrogens (tertiary/aromatic N) is 2. The van der Waals surface area contributed by atoms with Crippen molar-refractivity contribution in [2.75, 3.05) is 25.0 Å². The van der Waals surface area contributed by atoms with Crippen LogP contribution in [0.15, 0.2) is 23.2 Å². The Bertz CT molecular complexity index is 471. The summed E-state index contributed by atoms with van der Waals surface area (Å²) in [7, 11) is -3.41. The van der Waals surface area contributed by atoms with E-state index in [2.05, 4.69) is 10.3 Å². The minimum atomic E-state index is -3.41. The second kappa shape index (κ2) is 7.45. The number of sulfonamides is 1. The van der Waals surface area contributed by atoms with Gasteiger partial charge in [0.2, 0.25) is 10.0 Å². The Morgan fingerprint density at radius 3 is 2.47 bits per heavy atom. The molecule has 19 heavy (non-hydrogen) atoms. The van der Waals surface area contributed by atoms with Crippen molar-refractivity contribution in [3.05, 3.63) is 18.3 Å². The van der Waals surface area contributed by atoms with Gasteiger partial charge in [-0.25, -0.2) is 13.4 Å². The number of hydrogen-bond acceptors (Lipinski definition) is 4. The second-order valence-corrected chi connectivity index (χ2v) is 6.20. The van der Waals surface area contributed by atoms with Crippen LogP contribution in [-0.2, 0) is 10.0 Å². The number of nitrogens with one attached hydrogen (secondary N) is 1. The van der Waals surface area contributed by atoms with Gasteiger partial charge in [0, 0.05) is 25.8 Å². The molecule has 5 nitrogen and oxygen atoms in total. The third-order valence-electron chi connectivity index (χ3n) is 2.85. The molecule has 0 radical (unpaired) electrons. The maximum atomic E-state index is 12.4. The Morgan fingerprint density at radius 2 is 2.00 bits per heavy atom. The lowest BCUT2D eigenvalue weighted by Gasteiger charge is -2.20. The largest absolute Gasteiger partial charge is 0.370 e. The summed E-state index contributed by atoms with van der Waals surface area (Å²) in [5.74, 6) is 0.693. The third-order valence-corrected chi connectivity index (χ3v) is 4.80. The Labute approximate surface area is 116 Å². The van der Waals surface area contributed by atoms with Crippen LogP contribution in [0.3, 0.4) is 0 Å². The summed E-state index contributed by atoms with van der Waals surface area (Å²) in [6, 6.07) is 3.30. The van der Waals surface area contributed by atoms with E-state index in [1.54, 1.807) is 12.1 Å². The Morgan fingerprint density at radius 1 is 1.26 bits per heavy atom. The van der Waals surface area contributed by atoms with Gasteiger partial charge in [0.05, 0.1) is 0 Å². The third kappa shape index (κ3) is 4.18. The fraction of sp³-hybridized carbons (Fsp3) is 0.615. The summed E-state index contributed by atoms with van der Waals surface area (Å²) in [4.78, 5) is 4.37. The number of pyridine rings is 1. The van der Waals surface area contributed by atoms with Crippen molar-refractivity contribution in [3.8, 4) is 0 Å². The maximum absolute atomic E-state index is 12.4. The van der Waals surface area contributed by atoms with Crippen LogP contribution >= 0.6 is 0 Å². The molecule has 0 aliphatic carbocycles. The minimum Gasteiger partial charge on any atom is -0.370 e. The van der Waals surface area contributed by atoms with E-state index >= 15 is 0 Å². The SMILES string of the molecule is CCCCN(CC)S(=O)(=O)c1ccc(NCC)nc1. The summed E-state index contributed by atoms with van der Waals surface area (Å²) < 4.78 is 26.3. The van der Waals surface area contributed by atoms with Crippen molar-refractivity contribution >= 4 is 15.8 Å². The first-order valence-corrected chi connectivity index (χ1v) is 8.20. The van der Waals surface area contributed by atoms with Crippen molar-refractivity contribution in [1.29, 1.82) is 0 Å². The Hall–Kier alpha value is -1.14. The van der Waals surface area contributed by atoms with Crippen LogP contribution in [0.1, 0.15) is 33.6 Å². The highest BCUT2D eigenvalue weighted by Gasteiger charge is 2.22. The molecule has 0 aliphatic heterocycles. The normalized spacial score (nSPS) is 11.8. The van der Waals surface area contributed by atoms with Gasteiger partial charge in [-0.3, -0.25) is 0 Å². The Balaban J connectivity index is 2.91. The fourth-order valence-electron chi connectivity index (χ4n) is 1.75. The molecule has 1 N–H and O–H groups in total. The van der Waals surface area contributed by atoms with Crippen LogP contribution in [-0.4, -0.2) is 37.3 Å². The van der Waals surface area contributed by atoms with E-state index in [4.69, 9.17) is 0 Å². The average molecular weight is 285 g/mol. The molecule has 0 spiro atoms. The van der Waals surface area contributed by atoms with E-state index in [1.807, 2.05) is 20.8 Å². The maximum Gasteiger partial charge on any atom is 0.244 e. The first-order chi connectivity index (χ1) is 9.06. The summed E-state index contributed by atoms with van der Waals surface area (Å²) in [6.07, 6.45) is 3.27. The van der Waals surface area contributed by atoms with Crippen LogP contribution in [0.2, 0.25) is 0 Å². The smallest absolute Gasteiger partial charge is 0.244 e. The van der Waals surface area contributed by atoms with Crippen LogP contribution in [0.25, 0.3) is 0 Å². The summed E-state index contributed by atoms with van der Waals surface area (Å²) in [5, 5.41) is 3.04. The van der Waals surface area contributed by atoms with Crippen LogP contribution in [0.4, 0.5) is 5.82 Å². The molecule has 0 amide bonds. The van der Waals surface area contributed by atoms with Gasteiger partial charge in [-0.15, -0.1) is 0 Å². The first-order valence-electron chi connectivity index (χ1n) is 6.76. The molecule has 0 unspecified atom stereocenters. The number of rotatable bonds is 8. The second-order valence-electron chi connectivity index (χ2n) is 4.26. The highest BCUT2D eigenvalue weighted by Crippen LogP contribution is 2.16. The molecule has 0 fully saturated rings. The van der Waals surface area contributed by atoms with Crippen molar-refractivity contribution in [1.82, 2.24) is 9.29 Å². The highest BCUT2D eigenvalue weighted by atomic mass is 32.2. The number of unbranched alkanes of at least 4 members (excludes halogenated alkanes) is 1. The lowest BCUT2D eigenvalue weighted by atomic mass is 10.3. The van der Waals surface area contributed by atoms with Crippen molar-refractivity contribution in [3.63, 3.8) is 0 Å². The quantitative estimate of drug-likeness (QED) is 0.796. The van der Waals surface area contributed by atoms with Gasteiger partial charge >= 0.3 is 0 Å². The molecule has 1 aromatic heterocycles. The van der Waals surface area contributed by atoms with Crippen molar-refractivity contribution < 1.29 is 8.42 Å². The molecular weight excluding hydrogens is 262 g/mol. The van der Waals surface area contributed by atoms with Crippen LogP contribution in [0.5, 0.6) is 0 Å². The lowest BCUT2D eigenvalue weighted by molar-refractivity contribution is 0.418. The van der Waals surface area contributed by atoms with Gasteiger partial charge in [-0.2, -0.15) is 4.31 Å². The van der Waals surface area contributed by atoms with E-state index in [0.29, 0.717) is 18.9 Å². The number of anilines is 1. The first kappa shape index (κ1) is 15.9. The van der Waals surface area contributed by atoms with Gasteiger partial charge in [0.15, 0.2) is 0 Å². The topological polar surface area (TPSA) is 62.3 Å². The predicted molar refractivity (Wildman–Crippen MR) is 77.7 cm³/mol. The fourth-order valence-corrected chi connectivity index (χ4v) is 3.18. The monoisotopic (exact) mass is 285 g/mol. The zero-order chi connectivity index (χ0) is 14.3. The van der Waals surface area contributed by atoms with Gasteiger partial charge in [0.25, 0.3) is 0 Å². The van der Waals surface area contributed by atoms with Crippen molar-refractivity contribution in [2.24, 2.45) is 0 Å². The highest BCUT2D eigenvalue weighted by molar-refractivity contribution is 7.89. The Kier molecular flexibility index (Phi) is 6.24. The van der Waals surface area contributed by atoms with Gasteiger partial charge in [-0.1, -0.05) is 20.3 Å². The molecule has 0 aliphatic rings.